The van der Waals surface area contributed by atoms with Crippen LogP contribution in [0.5, 0.6) is 0 Å². The summed E-state index contributed by atoms with van der Waals surface area (Å²) in [5.41, 5.74) is 0. The number of nitrogens with one attached hydrogen (secondary N) is 1. The van der Waals surface area contributed by atoms with Gasteiger partial charge in [0.2, 0.25) is 0 Å². The van der Waals surface area contributed by atoms with Crippen LogP contribution in [0.2, 0.25) is 0 Å². The van der Waals surface area contributed by atoms with Crippen molar-refractivity contribution in [2.45, 2.75) is 38.9 Å². The molecule has 0 aromatic heterocycles. The molecule has 0 aromatic rings. The SMILES string of the molecule is CCCC(CN(C)CC(F)(F)F)NCC. The van der Waals surface area contributed by atoms with Crippen molar-refractivity contribution < 1.29 is 13.2 Å². The van der Waals surface area contributed by atoms with E-state index in [1.807, 2.05) is 13.8 Å². The molecule has 1 atom stereocenters. The maximum absolute atomic E-state index is 12.1. The predicted octanol–water partition coefficient (Wildman–Crippen LogP) is 2.26. The van der Waals surface area contributed by atoms with Crippen LogP contribution in [0, 0.1) is 0 Å². The van der Waals surface area contributed by atoms with Crippen molar-refractivity contribution in [2.75, 3.05) is 26.7 Å². The van der Waals surface area contributed by atoms with Crippen LogP contribution in [0.3, 0.4) is 0 Å². The lowest BCUT2D eigenvalue weighted by atomic mass is 10.1. The average Bonchev–Trinajstić information content (AvgIpc) is 2.00. The molecule has 0 aromatic carbocycles. The molecule has 0 saturated carbocycles. The van der Waals surface area contributed by atoms with E-state index in [2.05, 4.69) is 5.32 Å². The number of hydrogen-bond acceptors (Lipinski definition) is 2. The molecule has 0 rings (SSSR count). The summed E-state index contributed by atoms with van der Waals surface area (Å²) in [6.07, 6.45) is -2.20. The van der Waals surface area contributed by atoms with Gasteiger partial charge in [0.05, 0.1) is 6.54 Å². The first kappa shape index (κ1) is 14.7. The Kier molecular flexibility index (Phi) is 6.92. The van der Waals surface area contributed by atoms with E-state index in [0.29, 0.717) is 6.54 Å². The number of nitrogens with zero attached hydrogens (tertiary/aromatic N) is 1. The van der Waals surface area contributed by atoms with E-state index in [0.717, 1.165) is 19.4 Å². The molecule has 92 valence electrons. The summed E-state index contributed by atoms with van der Waals surface area (Å²) in [4.78, 5) is 1.32. The first-order chi connectivity index (χ1) is 6.89. The van der Waals surface area contributed by atoms with Crippen molar-refractivity contribution in [3.63, 3.8) is 0 Å². The first-order valence-corrected chi connectivity index (χ1v) is 5.37. The Bertz CT molecular complexity index is 153. The molecule has 0 aliphatic carbocycles. The molecular formula is C10H21F3N2. The Labute approximate surface area is 89.8 Å². The van der Waals surface area contributed by atoms with E-state index in [1.165, 1.54) is 11.9 Å². The Morgan fingerprint density at radius 3 is 2.27 bits per heavy atom. The summed E-state index contributed by atoms with van der Waals surface area (Å²) >= 11 is 0. The summed E-state index contributed by atoms with van der Waals surface area (Å²) in [5.74, 6) is 0. The lowest BCUT2D eigenvalue weighted by Gasteiger charge is -2.25. The fraction of sp³-hybridized carbons (Fsp3) is 1.00. The van der Waals surface area contributed by atoms with Gasteiger partial charge >= 0.3 is 6.18 Å². The van der Waals surface area contributed by atoms with Gasteiger partial charge in [-0.05, 0) is 20.0 Å². The molecule has 0 spiro atoms. The Balaban J connectivity index is 3.93. The molecule has 0 aliphatic heterocycles. The zero-order valence-corrected chi connectivity index (χ0v) is 9.69. The lowest BCUT2D eigenvalue weighted by molar-refractivity contribution is -0.143. The van der Waals surface area contributed by atoms with Gasteiger partial charge in [-0.1, -0.05) is 20.3 Å². The lowest BCUT2D eigenvalue weighted by Crippen LogP contribution is -2.42. The van der Waals surface area contributed by atoms with Crippen molar-refractivity contribution in [3.8, 4) is 0 Å². The second kappa shape index (κ2) is 7.06. The van der Waals surface area contributed by atoms with Crippen molar-refractivity contribution in [2.24, 2.45) is 0 Å². The fourth-order valence-electron chi connectivity index (χ4n) is 1.64. The van der Waals surface area contributed by atoms with Crippen LogP contribution in [0.25, 0.3) is 0 Å². The van der Waals surface area contributed by atoms with Crippen LogP contribution in [-0.2, 0) is 0 Å². The van der Waals surface area contributed by atoms with Gasteiger partial charge in [0.25, 0.3) is 0 Å². The van der Waals surface area contributed by atoms with E-state index < -0.39 is 12.7 Å². The predicted molar refractivity (Wildman–Crippen MR) is 55.9 cm³/mol. The summed E-state index contributed by atoms with van der Waals surface area (Å²) < 4.78 is 36.2. The minimum atomic E-state index is -4.10. The topological polar surface area (TPSA) is 15.3 Å². The van der Waals surface area contributed by atoms with E-state index in [1.54, 1.807) is 0 Å². The van der Waals surface area contributed by atoms with E-state index >= 15 is 0 Å². The zero-order chi connectivity index (χ0) is 11.9. The van der Waals surface area contributed by atoms with Crippen LogP contribution in [0.4, 0.5) is 13.2 Å². The van der Waals surface area contributed by atoms with Crippen LogP contribution < -0.4 is 5.32 Å². The summed E-state index contributed by atoms with van der Waals surface area (Å²) in [7, 11) is 1.51. The van der Waals surface area contributed by atoms with Crippen LogP contribution in [-0.4, -0.2) is 43.8 Å². The number of rotatable bonds is 7. The summed E-state index contributed by atoms with van der Waals surface area (Å²) in [5, 5.41) is 3.19. The van der Waals surface area contributed by atoms with Crippen molar-refractivity contribution >= 4 is 0 Å². The molecule has 0 aliphatic rings. The number of halogens is 3. The van der Waals surface area contributed by atoms with Gasteiger partial charge in [-0.2, -0.15) is 13.2 Å². The smallest absolute Gasteiger partial charge is 0.313 e. The van der Waals surface area contributed by atoms with Gasteiger partial charge in [0.15, 0.2) is 0 Å². The summed E-state index contributed by atoms with van der Waals surface area (Å²) in [6.45, 7) is 4.41. The second-order valence-corrected chi connectivity index (χ2v) is 3.86. The number of alkyl halides is 3. The quantitative estimate of drug-likeness (QED) is 0.716. The standard InChI is InChI=1S/C10H21F3N2/c1-4-6-9(14-5-2)7-15(3)8-10(11,12)13/h9,14H,4-8H2,1-3H3. The van der Waals surface area contributed by atoms with E-state index in [-0.39, 0.29) is 6.04 Å². The van der Waals surface area contributed by atoms with Gasteiger partial charge in [-0.25, -0.2) is 0 Å². The summed E-state index contributed by atoms with van der Waals surface area (Å²) in [6, 6.07) is 0.160. The molecule has 0 radical (unpaired) electrons. The number of likely N-dealkylation sites (N-methyl/N-ethyl adjacent to an activating group) is 2. The maximum Gasteiger partial charge on any atom is 0.401 e. The normalized spacial score (nSPS) is 14.6. The Morgan fingerprint density at radius 2 is 1.87 bits per heavy atom. The van der Waals surface area contributed by atoms with Crippen LogP contribution in [0.1, 0.15) is 26.7 Å². The molecule has 0 saturated heterocycles. The highest BCUT2D eigenvalue weighted by Gasteiger charge is 2.29. The highest BCUT2D eigenvalue weighted by atomic mass is 19.4. The highest BCUT2D eigenvalue weighted by molar-refractivity contribution is 4.71. The Morgan fingerprint density at radius 1 is 1.27 bits per heavy atom. The largest absolute Gasteiger partial charge is 0.401 e. The third-order valence-corrected chi connectivity index (χ3v) is 2.11. The van der Waals surface area contributed by atoms with E-state index in [4.69, 9.17) is 0 Å². The van der Waals surface area contributed by atoms with Gasteiger partial charge < -0.3 is 5.32 Å². The third-order valence-electron chi connectivity index (χ3n) is 2.11. The van der Waals surface area contributed by atoms with Crippen molar-refractivity contribution in [3.05, 3.63) is 0 Å². The Hall–Kier alpha value is -0.290. The van der Waals surface area contributed by atoms with Crippen LogP contribution >= 0.6 is 0 Å². The van der Waals surface area contributed by atoms with Crippen molar-refractivity contribution in [1.82, 2.24) is 10.2 Å². The van der Waals surface area contributed by atoms with E-state index in [9.17, 15) is 13.2 Å². The molecule has 1 N–H and O–H groups in total. The van der Waals surface area contributed by atoms with Crippen molar-refractivity contribution in [1.29, 1.82) is 0 Å². The minimum Gasteiger partial charge on any atom is -0.313 e. The minimum absolute atomic E-state index is 0.160. The van der Waals surface area contributed by atoms with Gasteiger partial charge in [-0.3, -0.25) is 4.90 Å². The van der Waals surface area contributed by atoms with Gasteiger partial charge in [0.1, 0.15) is 0 Å². The monoisotopic (exact) mass is 226 g/mol. The highest BCUT2D eigenvalue weighted by Crippen LogP contribution is 2.15. The number of hydrogen-bond donors (Lipinski definition) is 1. The molecule has 0 fully saturated rings. The second-order valence-electron chi connectivity index (χ2n) is 3.86. The fourth-order valence-corrected chi connectivity index (χ4v) is 1.64. The molecule has 5 heteroatoms. The third kappa shape index (κ3) is 8.69. The maximum atomic E-state index is 12.1. The molecule has 0 amide bonds. The molecular weight excluding hydrogens is 205 g/mol. The van der Waals surface area contributed by atoms with Gasteiger partial charge in [0, 0.05) is 12.6 Å². The first-order valence-electron chi connectivity index (χ1n) is 5.37. The zero-order valence-electron chi connectivity index (χ0n) is 9.69. The molecule has 2 nitrogen and oxygen atoms in total. The van der Waals surface area contributed by atoms with Gasteiger partial charge in [-0.15, -0.1) is 0 Å². The average molecular weight is 226 g/mol. The molecule has 0 bridgehead atoms. The molecule has 1 unspecified atom stereocenters. The molecule has 15 heavy (non-hydrogen) atoms. The molecule has 0 heterocycles. The van der Waals surface area contributed by atoms with Crippen LogP contribution in [0.15, 0.2) is 0 Å².